The van der Waals surface area contributed by atoms with Gasteiger partial charge in [-0.25, -0.2) is 4.98 Å². The molecule has 28 heavy (non-hydrogen) atoms. The van der Waals surface area contributed by atoms with Crippen LogP contribution < -0.4 is 0 Å². The Bertz CT molecular complexity index is 1100. The van der Waals surface area contributed by atoms with Crippen molar-refractivity contribution in [3.63, 3.8) is 0 Å². The van der Waals surface area contributed by atoms with Crippen LogP contribution in [0.4, 0.5) is 0 Å². The lowest BCUT2D eigenvalue weighted by atomic mass is 9.98. The summed E-state index contributed by atoms with van der Waals surface area (Å²) >= 11 is 1.57. The number of para-hydroxylation sites is 2. The van der Waals surface area contributed by atoms with E-state index in [1.165, 1.54) is 0 Å². The Hall–Kier alpha value is -3.00. The number of amides is 1. The van der Waals surface area contributed by atoms with Gasteiger partial charge in [-0.2, -0.15) is 0 Å². The molecule has 8 heteroatoms. The lowest BCUT2D eigenvalue weighted by Crippen LogP contribution is -2.40. The van der Waals surface area contributed by atoms with Crippen LogP contribution in [0.3, 0.4) is 0 Å². The van der Waals surface area contributed by atoms with Gasteiger partial charge in [0.2, 0.25) is 11.8 Å². The van der Waals surface area contributed by atoms with Gasteiger partial charge in [0.05, 0.1) is 28.2 Å². The van der Waals surface area contributed by atoms with Crippen LogP contribution in [0.25, 0.3) is 21.8 Å². The number of rotatable bonds is 4. The molecule has 7 nitrogen and oxygen atoms in total. The van der Waals surface area contributed by atoms with Gasteiger partial charge in [-0.05, 0) is 36.4 Å². The molecule has 0 aliphatic carbocycles. The number of benzene rings is 1. The van der Waals surface area contributed by atoms with Gasteiger partial charge in [0.15, 0.2) is 0 Å². The average Bonchev–Trinajstić information content (AvgIpc) is 3.49. The molecule has 1 atom stereocenters. The number of nitrogens with zero attached hydrogens (tertiary/aromatic N) is 5. The third kappa shape index (κ3) is 3.20. The minimum atomic E-state index is 0.0819. The maximum atomic E-state index is 12.9. The number of carbonyl (C=O) groups excluding carboxylic acids is 1. The van der Waals surface area contributed by atoms with E-state index in [9.17, 15) is 4.79 Å². The van der Waals surface area contributed by atoms with E-state index >= 15 is 0 Å². The van der Waals surface area contributed by atoms with Crippen molar-refractivity contribution in [2.24, 2.45) is 0 Å². The molecule has 0 spiro atoms. The Balaban J connectivity index is 1.29. The summed E-state index contributed by atoms with van der Waals surface area (Å²) in [6.45, 7) is 1.66. The molecule has 1 aliphatic rings. The fourth-order valence-corrected chi connectivity index (χ4v) is 4.33. The normalized spacial score (nSPS) is 17.3. The number of likely N-dealkylation sites (tertiary alicyclic amines) is 1. The molecule has 1 aliphatic heterocycles. The summed E-state index contributed by atoms with van der Waals surface area (Å²) in [7, 11) is 0. The monoisotopic (exact) mass is 393 g/mol. The van der Waals surface area contributed by atoms with Crippen molar-refractivity contribution >= 4 is 28.3 Å². The maximum absolute atomic E-state index is 12.9. The number of imidazole rings is 1. The largest absolute Gasteiger partial charge is 0.420 e. The molecule has 1 fully saturated rings. The molecule has 3 aromatic heterocycles. The highest BCUT2D eigenvalue weighted by molar-refractivity contribution is 7.13. The summed E-state index contributed by atoms with van der Waals surface area (Å²) in [5, 5.41) is 10.4. The quantitative estimate of drug-likeness (QED) is 0.530. The molecule has 0 radical (unpaired) electrons. The molecular weight excluding hydrogens is 374 g/mol. The van der Waals surface area contributed by atoms with Crippen LogP contribution in [-0.2, 0) is 11.3 Å². The van der Waals surface area contributed by atoms with Gasteiger partial charge in [-0.3, -0.25) is 4.79 Å². The van der Waals surface area contributed by atoms with Crippen molar-refractivity contribution < 1.29 is 9.21 Å². The molecule has 4 heterocycles. The van der Waals surface area contributed by atoms with Crippen LogP contribution in [0, 0.1) is 0 Å². The zero-order chi connectivity index (χ0) is 18.9. The highest BCUT2D eigenvalue weighted by atomic mass is 32.1. The van der Waals surface area contributed by atoms with Crippen LogP contribution in [0.2, 0.25) is 0 Å². The van der Waals surface area contributed by atoms with E-state index in [0.29, 0.717) is 18.3 Å². The topological polar surface area (TPSA) is 77.1 Å². The Kier molecular flexibility index (Phi) is 4.40. The predicted octanol–water partition coefficient (Wildman–Crippen LogP) is 3.55. The van der Waals surface area contributed by atoms with E-state index in [4.69, 9.17) is 4.42 Å². The standard InChI is InChI=1S/C20H19N5O2S/c26-18(12-25-13-21-15-6-1-2-7-16(15)25)24-9-3-5-14(11-24)19-22-23-20(27-19)17-8-4-10-28-17/h1-2,4,6-8,10,13-14H,3,5,9,11-12H2/t14-/m0/s1. The first-order chi connectivity index (χ1) is 13.8. The van der Waals surface area contributed by atoms with Gasteiger partial charge in [-0.15, -0.1) is 21.5 Å². The summed E-state index contributed by atoms with van der Waals surface area (Å²) in [6, 6.07) is 11.8. The summed E-state index contributed by atoms with van der Waals surface area (Å²) in [5.74, 6) is 1.34. The van der Waals surface area contributed by atoms with Crippen LogP contribution in [0.1, 0.15) is 24.7 Å². The molecule has 1 aromatic carbocycles. The zero-order valence-electron chi connectivity index (χ0n) is 15.2. The molecule has 0 saturated carbocycles. The lowest BCUT2D eigenvalue weighted by molar-refractivity contribution is -0.133. The Morgan fingerprint density at radius 1 is 1.21 bits per heavy atom. The average molecular weight is 393 g/mol. The molecule has 142 valence electrons. The number of hydrogen-bond acceptors (Lipinski definition) is 6. The van der Waals surface area contributed by atoms with E-state index < -0.39 is 0 Å². The highest BCUT2D eigenvalue weighted by Gasteiger charge is 2.28. The van der Waals surface area contributed by atoms with E-state index in [1.807, 2.05) is 51.2 Å². The van der Waals surface area contributed by atoms with Gasteiger partial charge in [0.1, 0.15) is 6.54 Å². The van der Waals surface area contributed by atoms with Crippen LogP contribution in [0.15, 0.2) is 52.5 Å². The van der Waals surface area contributed by atoms with Crippen LogP contribution in [0.5, 0.6) is 0 Å². The second kappa shape index (κ2) is 7.20. The van der Waals surface area contributed by atoms with Crippen molar-refractivity contribution in [3.05, 3.63) is 54.0 Å². The van der Waals surface area contributed by atoms with E-state index in [2.05, 4.69) is 15.2 Å². The van der Waals surface area contributed by atoms with Crippen molar-refractivity contribution in [1.29, 1.82) is 0 Å². The second-order valence-electron chi connectivity index (χ2n) is 6.96. The summed E-state index contributed by atoms with van der Waals surface area (Å²) in [6.07, 6.45) is 3.61. The number of fused-ring (bicyclic) bond motifs is 1. The maximum Gasteiger partial charge on any atom is 0.257 e. The smallest absolute Gasteiger partial charge is 0.257 e. The first-order valence-corrected chi connectivity index (χ1v) is 10.2. The summed E-state index contributed by atoms with van der Waals surface area (Å²) in [4.78, 5) is 20.1. The molecule has 0 N–H and O–H groups in total. The molecule has 5 rings (SSSR count). The van der Waals surface area contributed by atoms with Crippen molar-refractivity contribution in [2.45, 2.75) is 25.3 Å². The minimum absolute atomic E-state index is 0.0819. The number of aromatic nitrogens is 4. The van der Waals surface area contributed by atoms with Crippen molar-refractivity contribution in [1.82, 2.24) is 24.6 Å². The molecule has 0 unspecified atom stereocenters. The number of piperidine rings is 1. The third-order valence-corrected chi connectivity index (χ3v) is 5.99. The highest BCUT2D eigenvalue weighted by Crippen LogP contribution is 2.30. The summed E-state index contributed by atoms with van der Waals surface area (Å²) in [5.41, 5.74) is 1.88. The predicted molar refractivity (Wildman–Crippen MR) is 106 cm³/mol. The molecular formula is C20H19N5O2S. The van der Waals surface area contributed by atoms with Crippen LogP contribution >= 0.6 is 11.3 Å². The number of hydrogen-bond donors (Lipinski definition) is 0. The SMILES string of the molecule is O=C(Cn1cnc2ccccc21)N1CCC[C@H](c2nnc(-c3cccs3)o2)C1. The first kappa shape index (κ1) is 17.1. The van der Waals surface area contributed by atoms with Crippen molar-refractivity contribution in [3.8, 4) is 10.8 Å². The Labute approximate surface area is 165 Å². The van der Waals surface area contributed by atoms with Gasteiger partial charge >= 0.3 is 0 Å². The molecule has 0 bridgehead atoms. The van der Waals surface area contributed by atoms with E-state index in [0.717, 1.165) is 35.3 Å². The minimum Gasteiger partial charge on any atom is -0.420 e. The Morgan fingerprint density at radius 3 is 3.04 bits per heavy atom. The number of carbonyl (C=O) groups is 1. The second-order valence-corrected chi connectivity index (χ2v) is 7.91. The third-order valence-electron chi connectivity index (χ3n) is 5.13. The molecule has 4 aromatic rings. The van der Waals surface area contributed by atoms with E-state index in [-0.39, 0.29) is 18.4 Å². The number of thiophene rings is 1. The van der Waals surface area contributed by atoms with E-state index in [1.54, 1.807) is 17.7 Å². The van der Waals surface area contributed by atoms with Gasteiger partial charge in [0, 0.05) is 13.1 Å². The fourth-order valence-electron chi connectivity index (χ4n) is 3.69. The summed E-state index contributed by atoms with van der Waals surface area (Å²) < 4.78 is 7.80. The van der Waals surface area contributed by atoms with Gasteiger partial charge < -0.3 is 13.9 Å². The molecule has 1 amide bonds. The van der Waals surface area contributed by atoms with Gasteiger partial charge in [0.25, 0.3) is 5.89 Å². The fraction of sp³-hybridized carbons (Fsp3) is 0.300. The first-order valence-electron chi connectivity index (χ1n) is 9.33. The van der Waals surface area contributed by atoms with Gasteiger partial charge in [-0.1, -0.05) is 18.2 Å². The van der Waals surface area contributed by atoms with Crippen LogP contribution in [-0.4, -0.2) is 43.6 Å². The van der Waals surface area contributed by atoms with Crippen molar-refractivity contribution in [2.75, 3.05) is 13.1 Å². The lowest BCUT2D eigenvalue weighted by Gasteiger charge is -2.31. The zero-order valence-corrected chi connectivity index (χ0v) is 16.0. The Morgan fingerprint density at radius 2 is 2.14 bits per heavy atom. The molecule has 1 saturated heterocycles.